The Labute approximate surface area is 149 Å². The van der Waals surface area contributed by atoms with Crippen molar-refractivity contribution in [1.29, 1.82) is 0 Å². The number of hydrogen-bond acceptors (Lipinski definition) is 3. The normalized spacial score (nSPS) is 18.4. The highest BCUT2D eigenvalue weighted by atomic mass is 16.6. The molecule has 3 rings (SSSR count). The lowest BCUT2D eigenvalue weighted by Crippen LogP contribution is -2.34. The average Bonchev–Trinajstić information content (AvgIpc) is 2.93. The second-order valence-corrected chi connectivity index (χ2v) is 7.33. The maximum absolute atomic E-state index is 12.3. The first kappa shape index (κ1) is 17.2. The minimum Gasteiger partial charge on any atom is -0.446 e. The molecule has 1 fully saturated rings. The number of ether oxygens (including phenoxy) is 1. The second-order valence-electron chi connectivity index (χ2n) is 7.33. The maximum atomic E-state index is 12.3. The minimum absolute atomic E-state index is 0.0871. The summed E-state index contributed by atoms with van der Waals surface area (Å²) in [7, 11) is 0. The molecule has 2 aromatic carbocycles. The summed E-state index contributed by atoms with van der Waals surface area (Å²) in [5, 5.41) is 6.27. The summed E-state index contributed by atoms with van der Waals surface area (Å²) in [4.78, 5) is 12.3. The van der Waals surface area contributed by atoms with Gasteiger partial charge in [0, 0.05) is 5.41 Å². The second kappa shape index (κ2) is 7.09. The van der Waals surface area contributed by atoms with E-state index in [-0.39, 0.29) is 17.6 Å². The van der Waals surface area contributed by atoms with E-state index in [4.69, 9.17) is 9.84 Å². The third kappa shape index (κ3) is 4.08. The number of benzene rings is 2. The number of nitrogens with zero attached hydrogens (tertiary/aromatic N) is 2. The SMILES string of the molecule is CC(C)(C)/C(=N/N1C(=O)OC[C@@H]1Cc1ccccc1)c1ccccc1. The highest BCUT2D eigenvalue weighted by Gasteiger charge is 2.35. The van der Waals surface area contributed by atoms with Gasteiger partial charge >= 0.3 is 6.09 Å². The van der Waals surface area contributed by atoms with Crippen LogP contribution in [0.5, 0.6) is 0 Å². The molecule has 1 aliphatic rings. The van der Waals surface area contributed by atoms with E-state index in [0.29, 0.717) is 6.61 Å². The van der Waals surface area contributed by atoms with E-state index in [2.05, 4.69) is 32.9 Å². The van der Waals surface area contributed by atoms with E-state index in [1.807, 2.05) is 48.5 Å². The fourth-order valence-electron chi connectivity index (χ4n) is 2.95. The van der Waals surface area contributed by atoms with Crippen molar-refractivity contribution in [3.8, 4) is 0 Å². The highest BCUT2D eigenvalue weighted by molar-refractivity contribution is 6.04. The summed E-state index contributed by atoms with van der Waals surface area (Å²) in [5.74, 6) is 0. The van der Waals surface area contributed by atoms with Gasteiger partial charge in [0.1, 0.15) is 6.61 Å². The van der Waals surface area contributed by atoms with Crippen LogP contribution < -0.4 is 0 Å². The van der Waals surface area contributed by atoms with Crippen molar-refractivity contribution in [3.63, 3.8) is 0 Å². The molecule has 0 unspecified atom stereocenters. The lowest BCUT2D eigenvalue weighted by Gasteiger charge is -2.25. The van der Waals surface area contributed by atoms with Crippen LogP contribution in [-0.2, 0) is 11.2 Å². The Morgan fingerprint density at radius 1 is 1.08 bits per heavy atom. The number of carbonyl (C=O) groups excluding carboxylic acids is 1. The van der Waals surface area contributed by atoms with E-state index < -0.39 is 0 Å². The summed E-state index contributed by atoms with van der Waals surface area (Å²) in [5.41, 5.74) is 2.88. The molecule has 130 valence electrons. The zero-order valence-corrected chi connectivity index (χ0v) is 15.0. The Hall–Kier alpha value is -2.62. The van der Waals surface area contributed by atoms with Gasteiger partial charge in [0.2, 0.25) is 0 Å². The molecule has 0 bridgehead atoms. The van der Waals surface area contributed by atoms with Crippen molar-refractivity contribution in [2.45, 2.75) is 33.2 Å². The first-order chi connectivity index (χ1) is 11.9. The fraction of sp³-hybridized carbons (Fsp3) is 0.333. The van der Waals surface area contributed by atoms with Crippen molar-refractivity contribution < 1.29 is 9.53 Å². The van der Waals surface area contributed by atoms with Gasteiger partial charge in [-0.2, -0.15) is 10.1 Å². The number of carbonyl (C=O) groups is 1. The standard InChI is InChI=1S/C21H24N2O2/c1-21(2,3)19(17-12-8-5-9-13-17)22-23-18(15-25-20(23)24)14-16-10-6-4-7-11-16/h4-13,18H,14-15H2,1-3H3/b22-19+/t18-/m0/s1. The Balaban J connectivity index is 1.92. The number of rotatable bonds is 4. The van der Waals surface area contributed by atoms with Crippen LogP contribution in [0, 0.1) is 5.41 Å². The van der Waals surface area contributed by atoms with E-state index >= 15 is 0 Å². The molecule has 1 heterocycles. The molecule has 0 aromatic heterocycles. The predicted molar refractivity (Wildman–Crippen MR) is 99.6 cm³/mol. The number of amides is 1. The molecular weight excluding hydrogens is 312 g/mol. The number of hydrazone groups is 1. The van der Waals surface area contributed by atoms with Gasteiger partial charge in [0.05, 0.1) is 11.8 Å². The van der Waals surface area contributed by atoms with E-state index in [1.165, 1.54) is 10.6 Å². The first-order valence-corrected chi connectivity index (χ1v) is 8.59. The van der Waals surface area contributed by atoms with E-state index in [1.54, 1.807) is 0 Å². The van der Waals surface area contributed by atoms with Crippen molar-refractivity contribution in [1.82, 2.24) is 5.01 Å². The summed E-state index contributed by atoms with van der Waals surface area (Å²) in [6, 6.07) is 20.0. The maximum Gasteiger partial charge on any atom is 0.430 e. The van der Waals surface area contributed by atoms with Gasteiger partial charge in [0.25, 0.3) is 0 Å². The Kier molecular flexibility index (Phi) is 4.88. The fourth-order valence-corrected chi connectivity index (χ4v) is 2.95. The molecule has 0 N–H and O–H groups in total. The average molecular weight is 336 g/mol. The van der Waals surface area contributed by atoms with Gasteiger partial charge in [0.15, 0.2) is 0 Å². The van der Waals surface area contributed by atoms with Gasteiger partial charge in [-0.1, -0.05) is 81.4 Å². The lowest BCUT2D eigenvalue weighted by atomic mass is 9.85. The van der Waals surface area contributed by atoms with Gasteiger partial charge in [-0.3, -0.25) is 0 Å². The molecule has 0 saturated carbocycles. The van der Waals surface area contributed by atoms with Crippen LogP contribution >= 0.6 is 0 Å². The topological polar surface area (TPSA) is 41.9 Å². The van der Waals surface area contributed by atoms with Gasteiger partial charge in [-0.25, -0.2) is 4.79 Å². The summed E-state index contributed by atoms with van der Waals surface area (Å²) < 4.78 is 5.28. The van der Waals surface area contributed by atoms with Crippen molar-refractivity contribution in [2.24, 2.45) is 10.5 Å². The van der Waals surface area contributed by atoms with Crippen molar-refractivity contribution in [2.75, 3.05) is 6.61 Å². The van der Waals surface area contributed by atoms with Gasteiger partial charge in [-0.05, 0) is 17.5 Å². The summed E-state index contributed by atoms with van der Waals surface area (Å²) >= 11 is 0. The van der Waals surface area contributed by atoms with Crippen LogP contribution in [-0.4, -0.2) is 29.5 Å². The first-order valence-electron chi connectivity index (χ1n) is 8.59. The van der Waals surface area contributed by atoms with Crippen LogP contribution in [0.15, 0.2) is 65.8 Å². The van der Waals surface area contributed by atoms with E-state index in [0.717, 1.165) is 17.7 Å². The van der Waals surface area contributed by atoms with E-state index in [9.17, 15) is 4.79 Å². The monoisotopic (exact) mass is 336 g/mol. The lowest BCUT2D eigenvalue weighted by molar-refractivity contribution is 0.158. The molecule has 0 aliphatic carbocycles. The smallest absolute Gasteiger partial charge is 0.430 e. The van der Waals surface area contributed by atoms with Gasteiger partial charge < -0.3 is 4.74 Å². The highest BCUT2D eigenvalue weighted by Crippen LogP contribution is 2.25. The third-order valence-corrected chi connectivity index (χ3v) is 4.21. The molecule has 25 heavy (non-hydrogen) atoms. The molecule has 0 radical (unpaired) electrons. The molecule has 1 aliphatic heterocycles. The number of hydrogen-bond donors (Lipinski definition) is 0. The Bertz CT molecular complexity index is 748. The quantitative estimate of drug-likeness (QED) is 0.771. The van der Waals surface area contributed by atoms with Crippen LogP contribution in [0.4, 0.5) is 4.79 Å². The van der Waals surface area contributed by atoms with Crippen LogP contribution in [0.3, 0.4) is 0 Å². The third-order valence-electron chi connectivity index (χ3n) is 4.21. The molecule has 1 saturated heterocycles. The molecule has 1 amide bonds. The molecule has 2 aromatic rings. The summed E-state index contributed by atoms with van der Waals surface area (Å²) in [6.07, 6.45) is 0.348. The molecule has 4 heteroatoms. The van der Waals surface area contributed by atoms with Crippen molar-refractivity contribution in [3.05, 3.63) is 71.8 Å². The van der Waals surface area contributed by atoms with Crippen molar-refractivity contribution >= 4 is 11.8 Å². The largest absolute Gasteiger partial charge is 0.446 e. The summed E-state index contributed by atoms with van der Waals surface area (Å²) in [6.45, 7) is 6.68. The Morgan fingerprint density at radius 2 is 1.68 bits per heavy atom. The van der Waals surface area contributed by atoms with Crippen LogP contribution in [0.2, 0.25) is 0 Å². The minimum atomic E-state index is -0.376. The Morgan fingerprint density at radius 3 is 2.28 bits per heavy atom. The zero-order chi connectivity index (χ0) is 17.9. The molecule has 1 atom stereocenters. The molecular formula is C21H24N2O2. The zero-order valence-electron chi connectivity index (χ0n) is 15.0. The molecule has 4 nitrogen and oxygen atoms in total. The molecule has 0 spiro atoms. The number of cyclic esters (lactones) is 1. The van der Waals surface area contributed by atoms with Gasteiger partial charge in [-0.15, -0.1) is 0 Å². The van der Waals surface area contributed by atoms with Crippen LogP contribution in [0.1, 0.15) is 31.9 Å². The predicted octanol–water partition coefficient (Wildman–Crippen LogP) is 4.50. The van der Waals surface area contributed by atoms with Crippen LogP contribution in [0.25, 0.3) is 0 Å².